The highest BCUT2D eigenvalue weighted by Crippen LogP contribution is 2.27. The van der Waals surface area contributed by atoms with Gasteiger partial charge in [0.15, 0.2) is 0 Å². The summed E-state index contributed by atoms with van der Waals surface area (Å²) < 4.78 is 0. The van der Waals surface area contributed by atoms with Crippen LogP contribution in [-0.4, -0.2) is 17.0 Å². The molecule has 0 aliphatic heterocycles. The lowest BCUT2D eigenvalue weighted by atomic mass is 10.1. The van der Waals surface area contributed by atoms with Crippen molar-refractivity contribution in [3.8, 4) is 0 Å². The van der Waals surface area contributed by atoms with Crippen LogP contribution >= 0.6 is 0 Å². The minimum atomic E-state index is -0.996. The molecule has 25 heavy (non-hydrogen) atoms. The highest BCUT2D eigenvalue weighted by Gasteiger charge is 2.25. The van der Waals surface area contributed by atoms with Crippen LogP contribution in [0.1, 0.15) is 30.4 Å². The summed E-state index contributed by atoms with van der Waals surface area (Å²) in [5.74, 6) is -1.31. The molecule has 0 unspecified atom stereocenters. The first kappa shape index (κ1) is 16.7. The molecular formula is C21H19NO3. The van der Waals surface area contributed by atoms with Gasteiger partial charge < -0.3 is 10.4 Å². The molecule has 0 bridgehead atoms. The summed E-state index contributed by atoms with van der Waals surface area (Å²) in [6.07, 6.45) is 5.72. The van der Waals surface area contributed by atoms with Crippen LogP contribution in [0.5, 0.6) is 0 Å². The number of benzene rings is 2. The van der Waals surface area contributed by atoms with E-state index in [4.69, 9.17) is 5.11 Å². The van der Waals surface area contributed by atoms with Gasteiger partial charge in [0.25, 0.3) is 5.91 Å². The molecule has 3 rings (SSSR count). The number of carboxylic acid groups (broad SMARTS) is 1. The number of hydrogen-bond acceptors (Lipinski definition) is 2. The fourth-order valence-corrected chi connectivity index (χ4v) is 2.87. The molecule has 0 radical (unpaired) electrons. The lowest BCUT2D eigenvalue weighted by molar-refractivity contribution is -0.133. The average molecular weight is 333 g/mol. The van der Waals surface area contributed by atoms with Crippen LogP contribution in [0, 0.1) is 0 Å². The van der Waals surface area contributed by atoms with Crippen LogP contribution in [0.4, 0.5) is 5.69 Å². The summed E-state index contributed by atoms with van der Waals surface area (Å²) in [5.41, 5.74) is 3.42. The third kappa shape index (κ3) is 4.23. The molecule has 2 aromatic rings. The first-order chi connectivity index (χ1) is 12.1. The van der Waals surface area contributed by atoms with Crippen molar-refractivity contribution >= 4 is 29.7 Å². The zero-order chi connectivity index (χ0) is 17.6. The molecule has 1 aliphatic rings. The Morgan fingerprint density at radius 1 is 0.840 bits per heavy atom. The van der Waals surface area contributed by atoms with E-state index in [1.165, 1.54) is 0 Å². The van der Waals surface area contributed by atoms with Gasteiger partial charge in [-0.3, -0.25) is 4.79 Å². The molecule has 4 heteroatoms. The molecule has 0 aromatic heterocycles. The molecule has 0 saturated heterocycles. The Morgan fingerprint density at radius 3 is 2.08 bits per heavy atom. The number of hydrogen-bond donors (Lipinski definition) is 2. The van der Waals surface area contributed by atoms with E-state index in [1.807, 2.05) is 66.7 Å². The summed E-state index contributed by atoms with van der Waals surface area (Å²) >= 11 is 0. The lowest BCUT2D eigenvalue weighted by Gasteiger charge is -2.07. The number of nitrogens with one attached hydrogen (secondary N) is 1. The Morgan fingerprint density at radius 2 is 1.44 bits per heavy atom. The molecule has 1 aliphatic carbocycles. The van der Waals surface area contributed by atoms with Crippen LogP contribution < -0.4 is 5.32 Å². The van der Waals surface area contributed by atoms with Crippen molar-refractivity contribution in [1.29, 1.82) is 0 Å². The van der Waals surface area contributed by atoms with Gasteiger partial charge in [-0.1, -0.05) is 54.6 Å². The van der Waals surface area contributed by atoms with Gasteiger partial charge >= 0.3 is 5.97 Å². The van der Waals surface area contributed by atoms with E-state index in [2.05, 4.69) is 5.32 Å². The van der Waals surface area contributed by atoms with Gasteiger partial charge in [0.2, 0.25) is 0 Å². The predicted octanol–water partition coefficient (Wildman–Crippen LogP) is 4.36. The van der Waals surface area contributed by atoms with Gasteiger partial charge in [-0.2, -0.15) is 0 Å². The number of anilines is 1. The van der Waals surface area contributed by atoms with Gasteiger partial charge in [-0.05, 0) is 42.5 Å². The molecule has 1 amide bonds. The van der Waals surface area contributed by atoms with Crippen molar-refractivity contribution < 1.29 is 14.7 Å². The minimum Gasteiger partial charge on any atom is -0.478 e. The van der Waals surface area contributed by atoms with Crippen LogP contribution in [0.15, 0.2) is 65.7 Å². The van der Waals surface area contributed by atoms with Gasteiger partial charge in [0.05, 0.1) is 0 Å². The quantitative estimate of drug-likeness (QED) is 0.799. The molecule has 2 N–H and O–H groups in total. The van der Waals surface area contributed by atoms with Gasteiger partial charge in [-0.25, -0.2) is 4.79 Å². The number of carbonyl (C=O) groups excluding carboxylic acids is 1. The summed E-state index contributed by atoms with van der Waals surface area (Å²) in [5, 5.41) is 11.9. The van der Waals surface area contributed by atoms with E-state index in [-0.39, 0.29) is 11.5 Å². The van der Waals surface area contributed by atoms with Crippen molar-refractivity contribution in [2.24, 2.45) is 0 Å². The van der Waals surface area contributed by atoms with Crippen LogP contribution in [0.25, 0.3) is 12.2 Å². The molecule has 0 atom stereocenters. The second-order valence-electron chi connectivity index (χ2n) is 5.94. The van der Waals surface area contributed by atoms with Crippen LogP contribution in [0.2, 0.25) is 0 Å². The number of amides is 1. The first-order valence-corrected chi connectivity index (χ1v) is 8.23. The van der Waals surface area contributed by atoms with Crippen molar-refractivity contribution in [2.75, 3.05) is 5.32 Å². The lowest BCUT2D eigenvalue weighted by Crippen LogP contribution is -2.16. The maximum Gasteiger partial charge on any atom is 0.332 e. The van der Waals surface area contributed by atoms with Crippen molar-refractivity contribution in [3.63, 3.8) is 0 Å². The summed E-state index contributed by atoms with van der Waals surface area (Å²) in [4.78, 5) is 23.4. The number of carboxylic acids is 1. The normalized spacial score (nSPS) is 14.1. The monoisotopic (exact) mass is 333 g/mol. The Bertz CT molecular complexity index is 833. The molecule has 2 aromatic carbocycles. The van der Waals surface area contributed by atoms with Crippen molar-refractivity contribution in [2.45, 2.75) is 19.3 Å². The van der Waals surface area contributed by atoms with E-state index in [0.717, 1.165) is 11.1 Å². The summed E-state index contributed by atoms with van der Waals surface area (Å²) in [7, 11) is 0. The van der Waals surface area contributed by atoms with Crippen LogP contribution in [0.3, 0.4) is 0 Å². The Labute approximate surface area is 146 Å². The molecule has 0 saturated carbocycles. The van der Waals surface area contributed by atoms with E-state index in [9.17, 15) is 9.59 Å². The zero-order valence-corrected chi connectivity index (χ0v) is 13.7. The summed E-state index contributed by atoms with van der Waals surface area (Å²) in [6.45, 7) is 0. The zero-order valence-electron chi connectivity index (χ0n) is 13.7. The summed E-state index contributed by atoms with van der Waals surface area (Å²) in [6, 6.07) is 17.5. The molecule has 0 fully saturated rings. The minimum absolute atomic E-state index is 0.236. The molecule has 126 valence electrons. The third-order valence-corrected chi connectivity index (χ3v) is 4.19. The van der Waals surface area contributed by atoms with E-state index in [1.54, 1.807) is 0 Å². The molecule has 4 nitrogen and oxygen atoms in total. The van der Waals surface area contributed by atoms with Gasteiger partial charge in [0.1, 0.15) is 0 Å². The molecular weight excluding hydrogens is 314 g/mol. The second kappa shape index (κ2) is 7.62. The fraction of sp³-hybridized carbons (Fsp3) is 0.143. The Balaban J connectivity index is 1.67. The fourth-order valence-electron chi connectivity index (χ4n) is 2.87. The number of aliphatic carboxylic acids is 1. The maximum absolute atomic E-state index is 12.3. The first-order valence-electron chi connectivity index (χ1n) is 8.23. The second-order valence-corrected chi connectivity index (χ2v) is 5.94. The number of carbonyl (C=O) groups is 2. The molecule has 0 heterocycles. The topological polar surface area (TPSA) is 66.4 Å². The van der Waals surface area contributed by atoms with Crippen LogP contribution in [-0.2, 0) is 9.59 Å². The smallest absolute Gasteiger partial charge is 0.332 e. The van der Waals surface area contributed by atoms with E-state index in [0.29, 0.717) is 30.5 Å². The highest BCUT2D eigenvalue weighted by atomic mass is 16.4. The number of rotatable bonds is 5. The predicted molar refractivity (Wildman–Crippen MR) is 99.0 cm³/mol. The highest BCUT2D eigenvalue weighted by molar-refractivity contribution is 6.09. The third-order valence-electron chi connectivity index (χ3n) is 4.19. The SMILES string of the molecule is O=C(O)C1=C(C(=O)Nc2ccc(/C=C/c3ccccc3)cc2)CCC1. The van der Waals surface area contributed by atoms with E-state index < -0.39 is 5.97 Å². The van der Waals surface area contributed by atoms with Crippen molar-refractivity contribution in [1.82, 2.24) is 0 Å². The maximum atomic E-state index is 12.3. The average Bonchev–Trinajstić information content (AvgIpc) is 3.12. The van der Waals surface area contributed by atoms with E-state index >= 15 is 0 Å². The Kier molecular flexibility index (Phi) is 5.09. The molecule has 0 spiro atoms. The standard InChI is InChI=1S/C21H19NO3/c23-20(18-7-4-8-19(18)21(24)25)22-17-13-11-16(12-14-17)10-9-15-5-2-1-3-6-15/h1-3,5-6,9-14H,4,7-8H2,(H,22,23)(H,24,25)/b10-9+. The van der Waals surface area contributed by atoms with Gasteiger partial charge in [0, 0.05) is 16.8 Å². The van der Waals surface area contributed by atoms with Crippen molar-refractivity contribution in [3.05, 3.63) is 76.9 Å². The van der Waals surface area contributed by atoms with Gasteiger partial charge in [-0.15, -0.1) is 0 Å². The Hall–Kier alpha value is -3.14. The largest absolute Gasteiger partial charge is 0.478 e.